The average molecular weight is 494 g/mol. The van der Waals surface area contributed by atoms with Crippen molar-refractivity contribution in [3.8, 4) is 0 Å². The Morgan fingerprint density at radius 2 is 1.79 bits per heavy atom. The van der Waals surface area contributed by atoms with Gasteiger partial charge in [0, 0.05) is 31.6 Å². The topological polar surface area (TPSA) is 86.8 Å². The summed E-state index contributed by atoms with van der Waals surface area (Å²) in [5, 5.41) is 3.07. The highest BCUT2D eigenvalue weighted by atomic mass is 35.5. The number of amides is 2. The van der Waals surface area contributed by atoms with Crippen LogP contribution in [0.5, 0.6) is 0 Å². The second-order valence-electron chi connectivity index (χ2n) is 7.92. The second-order valence-corrected chi connectivity index (χ2v) is 10.3. The van der Waals surface area contributed by atoms with Crippen molar-refractivity contribution in [1.82, 2.24) is 10.2 Å². The Balaban J connectivity index is 2.20. The summed E-state index contributed by atoms with van der Waals surface area (Å²) in [5.74, 6) is -0.431. The maximum absolute atomic E-state index is 13.2. The minimum Gasteiger partial charge on any atom is -0.357 e. The monoisotopic (exact) mass is 493 g/mol. The number of hydrogen-bond donors (Lipinski definition) is 1. The number of likely N-dealkylation sites (N-methyl/N-ethyl adjacent to an activating group) is 1. The first-order valence-corrected chi connectivity index (χ1v) is 13.1. The average Bonchev–Trinajstić information content (AvgIpc) is 2.78. The van der Waals surface area contributed by atoms with Gasteiger partial charge in [0.25, 0.3) is 0 Å². The lowest BCUT2D eigenvalue weighted by Crippen LogP contribution is -2.48. The van der Waals surface area contributed by atoms with Crippen LogP contribution in [0.4, 0.5) is 5.69 Å². The molecule has 180 valence electrons. The molecule has 33 heavy (non-hydrogen) atoms. The molecule has 1 atom stereocenters. The van der Waals surface area contributed by atoms with Crippen LogP contribution in [0.25, 0.3) is 0 Å². The van der Waals surface area contributed by atoms with Crippen molar-refractivity contribution in [2.45, 2.75) is 45.7 Å². The van der Waals surface area contributed by atoms with Crippen molar-refractivity contribution in [3.05, 3.63) is 64.7 Å². The predicted octanol–water partition coefficient (Wildman–Crippen LogP) is 3.75. The molecule has 2 rings (SSSR count). The zero-order valence-corrected chi connectivity index (χ0v) is 21.1. The van der Waals surface area contributed by atoms with E-state index in [-0.39, 0.29) is 24.8 Å². The van der Waals surface area contributed by atoms with Crippen LogP contribution in [-0.2, 0) is 26.2 Å². The lowest BCUT2D eigenvalue weighted by Gasteiger charge is -2.31. The standard InChI is InChI=1S/C24H32ClN3O4S/c1-5-21(24(30)26-3)27(17-19-10-7-6-8-11-19)23(29)12-9-15-28(33(4,31)32)22-16-20(25)14-13-18(22)2/h6-8,10-11,13-14,16,21H,5,9,12,15,17H2,1-4H3,(H,26,30)/t21-/m1/s1. The summed E-state index contributed by atoms with van der Waals surface area (Å²) in [6, 6.07) is 13.9. The third-order valence-electron chi connectivity index (χ3n) is 5.42. The number of nitrogens with zero attached hydrogens (tertiary/aromatic N) is 2. The summed E-state index contributed by atoms with van der Waals surface area (Å²) in [6.45, 7) is 4.10. The molecule has 0 aliphatic heterocycles. The Labute approximate surface area is 201 Å². The van der Waals surface area contributed by atoms with Crippen LogP contribution < -0.4 is 9.62 Å². The smallest absolute Gasteiger partial charge is 0.242 e. The van der Waals surface area contributed by atoms with Gasteiger partial charge in [-0.05, 0) is 43.0 Å². The summed E-state index contributed by atoms with van der Waals surface area (Å²) >= 11 is 6.09. The van der Waals surface area contributed by atoms with E-state index in [1.165, 1.54) is 4.31 Å². The SMILES string of the molecule is CC[C@H](C(=O)NC)N(Cc1ccccc1)C(=O)CCCN(c1cc(Cl)ccc1C)S(C)(=O)=O. The van der Waals surface area contributed by atoms with Crippen LogP contribution in [0.1, 0.15) is 37.3 Å². The Hall–Kier alpha value is -2.58. The number of carbonyl (C=O) groups is 2. The van der Waals surface area contributed by atoms with Gasteiger partial charge in [-0.3, -0.25) is 13.9 Å². The molecule has 0 spiro atoms. The molecule has 0 heterocycles. The summed E-state index contributed by atoms with van der Waals surface area (Å²) in [4.78, 5) is 27.2. The number of aryl methyl sites for hydroxylation is 1. The van der Waals surface area contributed by atoms with E-state index in [1.807, 2.05) is 44.2 Å². The zero-order valence-electron chi connectivity index (χ0n) is 19.5. The molecule has 0 saturated heterocycles. The van der Waals surface area contributed by atoms with Crippen molar-refractivity contribution in [3.63, 3.8) is 0 Å². The molecule has 7 nitrogen and oxygen atoms in total. The molecule has 9 heteroatoms. The first-order valence-electron chi connectivity index (χ1n) is 10.9. The van der Waals surface area contributed by atoms with Gasteiger partial charge in [0.1, 0.15) is 6.04 Å². The number of sulfonamides is 1. The van der Waals surface area contributed by atoms with Gasteiger partial charge in [-0.1, -0.05) is 54.9 Å². The highest BCUT2D eigenvalue weighted by Gasteiger charge is 2.28. The highest BCUT2D eigenvalue weighted by Crippen LogP contribution is 2.27. The van der Waals surface area contributed by atoms with E-state index in [4.69, 9.17) is 11.6 Å². The predicted molar refractivity (Wildman–Crippen MR) is 133 cm³/mol. The molecule has 0 unspecified atom stereocenters. The molecular formula is C24H32ClN3O4S. The van der Waals surface area contributed by atoms with Crippen molar-refractivity contribution < 1.29 is 18.0 Å². The van der Waals surface area contributed by atoms with Gasteiger partial charge in [0.2, 0.25) is 21.8 Å². The number of nitrogens with one attached hydrogen (secondary N) is 1. The van der Waals surface area contributed by atoms with Crippen LogP contribution in [0.15, 0.2) is 48.5 Å². The minimum atomic E-state index is -3.58. The molecule has 0 radical (unpaired) electrons. The fourth-order valence-corrected chi connectivity index (χ4v) is 4.88. The number of carbonyl (C=O) groups excluding carboxylic acids is 2. The Bertz CT molecular complexity index is 1060. The van der Waals surface area contributed by atoms with Crippen LogP contribution >= 0.6 is 11.6 Å². The van der Waals surface area contributed by atoms with E-state index in [9.17, 15) is 18.0 Å². The third-order valence-corrected chi connectivity index (χ3v) is 6.84. The second kappa shape index (κ2) is 12.0. The fraction of sp³-hybridized carbons (Fsp3) is 0.417. The molecule has 1 N–H and O–H groups in total. The van der Waals surface area contributed by atoms with Gasteiger partial charge in [-0.25, -0.2) is 8.42 Å². The van der Waals surface area contributed by atoms with E-state index in [1.54, 1.807) is 30.1 Å². The molecule has 0 aliphatic rings. The van der Waals surface area contributed by atoms with Crippen molar-refractivity contribution >= 4 is 39.1 Å². The Morgan fingerprint density at radius 3 is 2.36 bits per heavy atom. The largest absolute Gasteiger partial charge is 0.357 e. The lowest BCUT2D eigenvalue weighted by molar-refractivity contribution is -0.141. The maximum Gasteiger partial charge on any atom is 0.242 e. The van der Waals surface area contributed by atoms with Crippen LogP contribution in [0.2, 0.25) is 5.02 Å². The van der Waals surface area contributed by atoms with Crippen molar-refractivity contribution in [1.29, 1.82) is 0 Å². The van der Waals surface area contributed by atoms with E-state index < -0.39 is 16.1 Å². The van der Waals surface area contributed by atoms with E-state index >= 15 is 0 Å². The number of hydrogen-bond acceptors (Lipinski definition) is 4. The number of benzene rings is 2. The maximum atomic E-state index is 13.2. The molecule has 2 amide bonds. The van der Waals surface area contributed by atoms with Gasteiger partial charge in [0.15, 0.2) is 0 Å². The molecule has 2 aromatic carbocycles. The summed E-state index contributed by atoms with van der Waals surface area (Å²) < 4.78 is 26.2. The highest BCUT2D eigenvalue weighted by molar-refractivity contribution is 7.92. The summed E-state index contributed by atoms with van der Waals surface area (Å²) in [5.41, 5.74) is 2.18. The quantitative estimate of drug-likeness (QED) is 0.516. The van der Waals surface area contributed by atoms with Gasteiger partial charge in [0.05, 0.1) is 11.9 Å². The molecular weight excluding hydrogens is 462 g/mol. The van der Waals surface area contributed by atoms with Crippen LogP contribution in [-0.4, -0.2) is 51.0 Å². The Kier molecular flexibility index (Phi) is 9.73. The molecule has 0 fully saturated rings. The van der Waals surface area contributed by atoms with Gasteiger partial charge < -0.3 is 10.2 Å². The fourth-order valence-electron chi connectivity index (χ4n) is 3.70. The molecule has 0 bridgehead atoms. The van der Waals surface area contributed by atoms with Crippen molar-refractivity contribution in [2.75, 3.05) is 24.2 Å². The zero-order chi connectivity index (χ0) is 24.6. The van der Waals surface area contributed by atoms with E-state index in [0.29, 0.717) is 30.1 Å². The molecule has 0 saturated carbocycles. The summed E-state index contributed by atoms with van der Waals surface area (Å²) in [6.07, 6.45) is 2.00. The lowest BCUT2D eigenvalue weighted by atomic mass is 10.1. The minimum absolute atomic E-state index is 0.103. The number of anilines is 1. The first kappa shape index (κ1) is 26.7. The molecule has 2 aromatic rings. The number of rotatable bonds is 11. The van der Waals surface area contributed by atoms with Crippen LogP contribution in [0, 0.1) is 6.92 Å². The first-order chi connectivity index (χ1) is 15.6. The van der Waals surface area contributed by atoms with Gasteiger partial charge in [-0.2, -0.15) is 0 Å². The van der Waals surface area contributed by atoms with E-state index in [0.717, 1.165) is 17.4 Å². The van der Waals surface area contributed by atoms with Gasteiger partial charge in [-0.15, -0.1) is 0 Å². The normalized spacial score (nSPS) is 12.2. The molecule has 0 aromatic heterocycles. The third kappa shape index (κ3) is 7.47. The summed E-state index contributed by atoms with van der Waals surface area (Å²) in [7, 11) is -2.03. The molecule has 0 aliphatic carbocycles. The van der Waals surface area contributed by atoms with Gasteiger partial charge >= 0.3 is 0 Å². The number of halogens is 1. The van der Waals surface area contributed by atoms with E-state index in [2.05, 4.69) is 5.32 Å². The van der Waals surface area contributed by atoms with Crippen LogP contribution in [0.3, 0.4) is 0 Å². The Morgan fingerprint density at radius 1 is 1.12 bits per heavy atom. The van der Waals surface area contributed by atoms with Crippen molar-refractivity contribution in [2.24, 2.45) is 0 Å².